The Kier molecular flexibility index (Phi) is 3.47. The molecule has 2 aromatic rings. The highest BCUT2D eigenvalue weighted by atomic mass is 32.2. The third kappa shape index (κ3) is 2.43. The lowest BCUT2D eigenvalue weighted by Gasteiger charge is -2.04. The van der Waals surface area contributed by atoms with E-state index in [1.165, 1.54) is 4.68 Å². The number of hydrogen-bond acceptors (Lipinski definition) is 6. The van der Waals surface area contributed by atoms with E-state index in [-0.39, 0.29) is 5.75 Å². The van der Waals surface area contributed by atoms with Crippen LogP contribution in [0.15, 0.2) is 23.5 Å². The van der Waals surface area contributed by atoms with Crippen LogP contribution in [-0.2, 0) is 4.79 Å². The fraction of sp³-hybridized carbons (Fsp3) is 0.200. The molecule has 0 aliphatic rings. The van der Waals surface area contributed by atoms with Crippen molar-refractivity contribution in [2.45, 2.75) is 12.1 Å². The molecule has 0 atom stereocenters. The molecule has 0 amide bonds. The van der Waals surface area contributed by atoms with Gasteiger partial charge in [0.05, 0.1) is 5.75 Å². The molecule has 8 heteroatoms. The van der Waals surface area contributed by atoms with Crippen molar-refractivity contribution in [2.75, 3.05) is 11.6 Å². The van der Waals surface area contributed by atoms with Crippen LogP contribution in [0, 0.1) is 6.92 Å². The number of aryl methyl sites for hydroxylation is 1. The van der Waals surface area contributed by atoms with Crippen molar-refractivity contribution in [1.82, 2.24) is 19.9 Å². The molecule has 0 saturated carbocycles. The zero-order valence-corrected chi connectivity index (χ0v) is 10.4. The highest BCUT2D eigenvalue weighted by molar-refractivity contribution is 7.99. The van der Waals surface area contributed by atoms with Gasteiger partial charge in [-0.2, -0.15) is 0 Å². The van der Waals surface area contributed by atoms with Gasteiger partial charge in [0.15, 0.2) is 0 Å². The van der Waals surface area contributed by atoms with Gasteiger partial charge >= 0.3 is 5.97 Å². The average molecular weight is 265 g/mol. The summed E-state index contributed by atoms with van der Waals surface area (Å²) in [4.78, 5) is 14.7. The van der Waals surface area contributed by atoms with Crippen molar-refractivity contribution in [3.05, 3.63) is 23.9 Å². The van der Waals surface area contributed by atoms with Crippen LogP contribution in [0.5, 0.6) is 0 Å². The molecule has 7 nitrogen and oxygen atoms in total. The van der Waals surface area contributed by atoms with Crippen LogP contribution in [0.4, 0.5) is 0 Å². The molecule has 3 N–H and O–H groups in total. The molecular weight excluding hydrogens is 254 g/mol. The Bertz CT molecular complexity index is 583. The van der Waals surface area contributed by atoms with Crippen molar-refractivity contribution in [3.63, 3.8) is 0 Å². The predicted molar refractivity (Wildman–Crippen MR) is 66.5 cm³/mol. The highest BCUT2D eigenvalue weighted by Gasteiger charge is 2.15. The molecule has 0 bridgehead atoms. The molecule has 0 fully saturated rings. The topological polar surface area (TPSA) is 107 Å². The number of carboxylic acids is 1. The molecule has 94 valence electrons. The van der Waals surface area contributed by atoms with Crippen LogP contribution in [0.25, 0.3) is 11.5 Å². The minimum absolute atomic E-state index is 0.115. The van der Waals surface area contributed by atoms with E-state index in [2.05, 4.69) is 15.2 Å². The first-order valence-corrected chi connectivity index (χ1v) is 6.05. The van der Waals surface area contributed by atoms with Crippen molar-refractivity contribution >= 4 is 17.7 Å². The summed E-state index contributed by atoms with van der Waals surface area (Å²) in [6, 6.07) is 3.71. The quantitative estimate of drug-likeness (QED) is 0.613. The lowest BCUT2D eigenvalue weighted by atomic mass is 10.2. The van der Waals surface area contributed by atoms with Gasteiger partial charge in [-0.1, -0.05) is 17.8 Å². The molecule has 2 aromatic heterocycles. The van der Waals surface area contributed by atoms with Crippen LogP contribution in [0.2, 0.25) is 0 Å². The first-order valence-electron chi connectivity index (χ1n) is 5.06. The number of aromatic nitrogens is 4. The number of nitrogens with two attached hydrogens (primary N) is 1. The maximum atomic E-state index is 10.5. The van der Waals surface area contributed by atoms with Crippen LogP contribution >= 0.6 is 11.8 Å². The Hall–Kier alpha value is -2.09. The summed E-state index contributed by atoms with van der Waals surface area (Å²) >= 11 is 1.01. The molecule has 0 aliphatic carbocycles. The lowest BCUT2D eigenvalue weighted by Crippen LogP contribution is -2.13. The number of aliphatic carboxylic acids is 1. The molecule has 0 unspecified atom stereocenters. The van der Waals surface area contributed by atoms with Crippen LogP contribution in [0.1, 0.15) is 5.56 Å². The highest BCUT2D eigenvalue weighted by Crippen LogP contribution is 2.21. The summed E-state index contributed by atoms with van der Waals surface area (Å²) < 4.78 is 1.25. The van der Waals surface area contributed by atoms with Crippen LogP contribution in [-0.4, -0.2) is 36.7 Å². The molecule has 2 heterocycles. The summed E-state index contributed by atoms with van der Waals surface area (Å²) in [5, 5.41) is 16.7. The number of carbonyl (C=O) groups is 1. The van der Waals surface area contributed by atoms with Crippen molar-refractivity contribution in [2.24, 2.45) is 0 Å². The fourth-order valence-electron chi connectivity index (χ4n) is 1.38. The van der Waals surface area contributed by atoms with E-state index in [0.29, 0.717) is 16.7 Å². The van der Waals surface area contributed by atoms with E-state index >= 15 is 0 Å². The van der Waals surface area contributed by atoms with E-state index in [0.717, 1.165) is 17.3 Å². The Labute approximate surface area is 107 Å². The molecule has 0 saturated heterocycles. The minimum Gasteiger partial charge on any atom is -0.481 e. The van der Waals surface area contributed by atoms with Gasteiger partial charge in [-0.25, -0.2) is 4.68 Å². The van der Waals surface area contributed by atoms with Gasteiger partial charge in [-0.05, 0) is 18.6 Å². The smallest absolute Gasteiger partial charge is 0.313 e. The number of thioether (sulfide) groups is 1. The van der Waals surface area contributed by atoms with Crippen molar-refractivity contribution < 1.29 is 9.90 Å². The van der Waals surface area contributed by atoms with Crippen LogP contribution < -0.4 is 5.84 Å². The summed E-state index contributed by atoms with van der Waals surface area (Å²) in [6.45, 7) is 1.89. The molecule has 0 aromatic carbocycles. The molecule has 0 spiro atoms. The van der Waals surface area contributed by atoms with Crippen molar-refractivity contribution in [3.8, 4) is 11.5 Å². The molecule has 0 radical (unpaired) electrons. The number of hydrogen-bond donors (Lipinski definition) is 2. The van der Waals surface area contributed by atoms with Gasteiger partial charge in [0.25, 0.3) is 0 Å². The van der Waals surface area contributed by atoms with E-state index in [1.807, 2.05) is 19.1 Å². The Morgan fingerprint density at radius 2 is 2.33 bits per heavy atom. The van der Waals surface area contributed by atoms with E-state index in [9.17, 15) is 4.79 Å². The summed E-state index contributed by atoms with van der Waals surface area (Å²) in [6.07, 6.45) is 1.64. The second kappa shape index (κ2) is 5.05. The standard InChI is InChI=1S/C10H11N5O2S/c1-6-3-2-4-12-8(6)9-13-14-10(15(9)11)18-5-7(16)17/h2-4H,5,11H2,1H3,(H,16,17). The maximum absolute atomic E-state index is 10.5. The normalized spacial score (nSPS) is 10.5. The summed E-state index contributed by atoms with van der Waals surface area (Å²) in [5.41, 5.74) is 1.56. The second-order valence-electron chi connectivity index (χ2n) is 3.53. The van der Waals surface area contributed by atoms with Crippen molar-refractivity contribution in [1.29, 1.82) is 0 Å². The maximum Gasteiger partial charge on any atom is 0.313 e. The largest absolute Gasteiger partial charge is 0.481 e. The number of carboxylic acid groups (broad SMARTS) is 1. The lowest BCUT2D eigenvalue weighted by molar-refractivity contribution is -0.133. The number of rotatable bonds is 4. The van der Waals surface area contributed by atoms with Gasteiger partial charge in [-0.3, -0.25) is 9.78 Å². The molecule has 18 heavy (non-hydrogen) atoms. The fourth-order valence-corrected chi connectivity index (χ4v) is 1.96. The van der Waals surface area contributed by atoms with Gasteiger partial charge in [-0.15, -0.1) is 10.2 Å². The first kappa shape index (κ1) is 12.4. The molecule has 2 rings (SSSR count). The van der Waals surface area contributed by atoms with Gasteiger partial charge in [0.1, 0.15) is 5.69 Å². The van der Waals surface area contributed by atoms with E-state index < -0.39 is 5.97 Å². The average Bonchev–Trinajstić information content (AvgIpc) is 2.69. The monoisotopic (exact) mass is 265 g/mol. The summed E-state index contributed by atoms with van der Waals surface area (Å²) in [5.74, 6) is 5.20. The SMILES string of the molecule is Cc1cccnc1-c1nnc(SCC(=O)O)n1N. The molecule has 0 aliphatic heterocycles. The van der Waals surface area contributed by atoms with Gasteiger partial charge < -0.3 is 10.9 Å². The second-order valence-corrected chi connectivity index (χ2v) is 4.47. The minimum atomic E-state index is -0.932. The molecular formula is C10H11N5O2S. The van der Waals surface area contributed by atoms with E-state index in [1.54, 1.807) is 6.20 Å². The zero-order valence-electron chi connectivity index (χ0n) is 9.57. The number of pyridine rings is 1. The van der Waals surface area contributed by atoms with Gasteiger partial charge in [0, 0.05) is 6.20 Å². The Balaban J connectivity index is 2.31. The Morgan fingerprint density at radius 3 is 3.00 bits per heavy atom. The Morgan fingerprint density at radius 1 is 1.56 bits per heavy atom. The van der Waals surface area contributed by atoms with Crippen LogP contribution in [0.3, 0.4) is 0 Å². The number of nitrogens with zero attached hydrogens (tertiary/aromatic N) is 4. The number of nitrogen functional groups attached to an aromatic ring is 1. The third-order valence-corrected chi connectivity index (χ3v) is 3.14. The van der Waals surface area contributed by atoms with E-state index in [4.69, 9.17) is 10.9 Å². The zero-order chi connectivity index (χ0) is 13.1. The first-order chi connectivity index (χ1) is 8.59. The summed E-state index contributed by atoms with van der Waals surface area (Å²) in [7, 11) is 0. The third-order valence-electron chi connectivity index (χ3n) is 2.21. The van der Waals surface area contributed by atoms with Gasteiger partial charge in [0.2, 0.25) is 11.0 Å². The predicted octanol–water partition coefficient (Wildman–Crippen LogP) is 0.539.